The van der Waals surface area contributed by atoms with E-state index < -0.39 is 0 Å². The van der Waals surface area contributed by atoms with Crippen LogP contribution >= 0.6 is 11.3 Å². The monoisotopic (exact) mass is 399 g/mol. The van der Waals surface area contributed by atoms with E-state index in [-0.39, 0.29) is 5.91 Å². The third-order valence-corrected chi connectivity index (χ3v) is 4.94. The van der Waals surface area contributed by atoms with Gasteiger partial charge in [0.25, 0.3) is 5.91 Å². The molecule has 0 aliphatic heterocycles. The number of benzene rings is 1. The lowest BCUT2D eigenvalue weighted by atomic mass is 10.1. The summed E-state index contributed by atoms with van der Waals surface area (Å²) < 4.78 is 15.9. The number of hydrogen-bond acceptors (Lipinski definition) is 7. The highest BCUT2D eigenvalue weighted by Gasteiger charge is 2.17. The molecule has 0 spiro atoms. The number of carbonyl (C=O) groups excluding carboxylic acids is 1. The van der Waals surface area contributed by atoms with Gasteiger partial charge in [0.2, 0.25) is 5.75 Å². The first-order valence-electron chi connectivity index (χ1n) is 8.60. The van der Waals surface area contributed by atoms with Crippen LogP contribution in [0, 0.1) is 0 Å². The summed E-state index contributed by atoms with van der Waals surface area (Å²) in [6.07, 6.45) is 2.37. The van der Waals surface area contributed by atoms with Crippen molar-refractivity contribution in [2.45, 2.75) is 6.42 Å². The van der Waals surface area contributed by atoms with Gasteiger partial charge in [0.1, 0.15) is 0 Å². The molecule has 8 heteroatoms. The van der Waals surface area contributed by atoms with Gasteiger partial charge in [-0.25, -0.2) is 4.98 Å². The van der Waals surface area contributed by atoms with Crippen LogP contribution in [0.3, 0.4) is 0 Å². The molecule has 3 rings (SSSR count). The number of ether oxygens (including phenoxy) is 3. The maximum Gasteiger partial charge on any atom is 0.251 e. The number of methoxy groups -OCH3 is 3. The zero-order valence-corrected chi connectivity index (χ0v) is 16.7. The fourth-order valence-corrected chi connectivity index (χ4v) is 3.45. The molecule has 0 bridgehead atoms. The number of rotatable bonds is 8. The van der Waals surface area contributed by atoms with Crippen LogP contribution in [0.4, 0.5) is 0 Å². The van der Waals surface area contributed by atoms with E-state index in [1.54, 1.807) is 29.7 Å². The quantitative estimate of drug-likeness (QED) is 0.626. The lowest BCUT2D eigenvalue weighted by Gasteiger charge is -2.14. The fraction of sp³-hybridized carbons (Fsp3) is 0.250. The van der Waals surface area contributed by atoms with Crippen molar-refractivity contribution in [3.8, 4) is 28.6 Å². The van der Waals surface area contributed by atoms with Gasteiger partial charge in [-0.1, -0.05) is 6.07 Å². The standard InChI is InChI=1S/C20H21N3O4S/c1-25-16-10-13(11-17(26-2)19(16)27-3)20(24)22-9-7-18-23-15(12-28-18)14-6-4-5-8-21-14/h4-6,8,10-12H,7,9H2,1-3H3,(H,22,24). The molecule has 146 valence electrons. The van der Waals surface area contributed by atoms with Crippen molar-refractivity contribution in [2.75, 3.05) is 27.9 Å². The molecule has 28 heavy (non-hydrogen) atoms. The minimum atomic E-state index is -0.222. The summed E-state index contributed by atoms with van der Waals surface area (Å²) in [5, 5.41) is 5.80. The Morgan fingerprint density at radius 2 is 1.82 bits per heavy atom. The molecule has 2 aromatic heterocycles. The second-order valence-corrected chi connectivity index (χ2v) is 6.70. The van der Waals surface area contributed by atoms with E-state index in [1.807, 2.05) is 23.6 Å². The van der Waals surface area contributed by atoms with Crippen LogP contribution in [0.25, 0.3) is 11.4 Å². The average molecular weight is 399 g/mol. The summed E-state index contributed by atoms with van der Waals surface area (Å²) in [7, 11) is 4.55. The number of thiazole rings is 1. The van der Waals surface area contributed by atoms with E-state index in [2.05, 4.69) is 15.3 Å². The van der Waals surface area contributed by atoms with Crippen molar-refractivity contribution in [3.05, 3.63) is 52.5 Å². The van der Waals surface area contributed by atoms with Gasteiger partial charge >= 0.3 is 0 Å². The Kier molecular flexibility index (Phi) is 6.44. The first-order chi connectivity index (χ1) is 13.7. The number of amides is 1. The van der Waals surface area contributed by atoms with Crippen molar-refractivity contribution >= 4 is 17.2 Å². The predicted octanol–water partition coefficient (Wildman–Crippen LogP) is 3.20. The molecule has 0 unspecified atom stereocenters. The third-order valence-electron chi connectivity index (χ3n) is 4.03. The maximum atomic E-state index is 12.5. The molecule has 0 radical (unpaired) electrons. The van der Waals surface area contributed by atoms with Crippen LogP contribution in [-0.4, -0.2) is 43.7 Å². The summed E-state index contributed by atoms with van der Waals surface area (Å²) in [6, 6.07) is 8.97. The summed E-state index contributed by atoms with van der Waals surface area (Å²) in [4.78, 5) is 21.4. The molecule has 0 atom stereocenters. The lowest BCUT2D eigenvalue weighted by Crippen LogP contribution is -2.25. The van der Waals surface area contributed by atoms with Crippen molar-refractivity contribution in [1.29, 1.82) is 0 Å². The van der Waals surface area contributed by atoms with Gasteiger partial charge in [-0.2, -0.15) is 0 Å². The number of nitrogens with zero attached hydrogens (tertiary/aromatic N) is 2. The van der Waals surface area contributed by atoms with Crippen LogP contribution in [-0.2, 0) is 6.42 Å². The Morgan fingerprint density at radius 3 is 2.43 bits per heavy atom. The minimum Gasteiger partial charge on any atom is -0.493 e. The first-order valence-corrected chi connectivity index (χ1v) is 9.48. The van der Waals surface area contributed by atoms with Gasteiger partial charge in [0.15, 0.2) is 11.5 Å². The highest BCUT2D eigenvalue weighted by atomic mass is 32.1. The Bertz CT molecular complexity index is 919. The van der Waals surface area contributed by atoms with Gasteiger partial charge in [-0.15, -0.1) is 11.3 Å². The highest BCUT2D eigenvalue weighted by molar-refractivity contribution is 7.09. The van der Waals surface area contributed by atoms with E-state index in [0.29, 0.717) is 35.8 Å². The molecule has 1 amide bonds. The summed E-state index contributed by atoms with van der Waals surface area (Å²) in [5.41, 5.74) is 2.12. The number of carbonyl (C=O) groups is 1. The molecule has 3 aromatic rings. The molecule has 1 N–H and O–H groups in total. The van der Waals surface area contributed by atoms with Crippen molar-refractivity contribution in [3.63, 3.8) is 0 Å². The van der Waals surface area contributed by atoms with Crippen LogP contribution in [0.1, 0.15) is 15.4 Å². The third kappa shape index (κ3) is 4.40. The SMILES string of the molecule is COc1cc(C(=O)NCCc2nc(-c3ccccn3)cs2)cc(OC)c1OC. The van der Waals surface area contributed by atoms with Crippen molar-refractivity contribution in [2.24, 2.45) is 0 Å². The summed E-state index contributed by atoms with van der Waals surface area (Å²) >= 11 is 1.55. The number of nitrogens with one attached hydrogen (secondary N) is 1. The minimum absolute atomic E-state index is 0.222. The summed E-state index contributed by atoms with van der Waals surface area (Å²) in [6.45, 7) is 0.463. The topological polar surface area (TPSA) is 82.6 Å². The Labute approximate surface area is 167 Å². The van der Waals surface area contributed by atoms with Crippen LogP contribution < -0.4 is 19.5 Å². The van der Waals surface area contributed by atoms with E-state index in [0.717, 1.165) is 16.4 Å². The van der Waals surface area contributed by atoms with Gasteiger partial charge in [0.05, 0.1) is 37.7 Å². The predicted molar refractivity (Wildman–Crippen MR) is 107 cm³/mol. The molecule has 0 aliphatic rings. The molecular weight excluding hydrogens is 378 g/mol. The normalized spacial score (nSPS) is 10.4. The molecule has 1 aromatic carbocycles. The van der Waals surface area contributed by atoms with Gasteiger partial charge in [0, 0.05) is 30.1 Å². The van der Waals surface area contributed by atoms with E-state index in [9.17, 15) is 4.79 Å². The Hall–Kier alpha value is -3.13. The zero-order valence-electron chi connectivity index (χ0n) is 15.9. The molecule has 0 saturated heterocycles. The smallest absolute Gasteiger partial charge is 0.251 e. The average Bonchev–Trinajstić information content (AvgIpc) is 3.22. The van der Waals surface area contributed by atoms with Gasteiger partial charge < -0.3 is 19.5 Å². The largest absolute Gasteiger partial charge is 0.493 e. The molecule has 7 nitrogen and oxygen atoms in total. The molecule has 0 fully saturated rings. The Balaban J connectivity index is 1.63. The van der Waals surface area contributed by atoms with Crippen LogP contribution in [0.15, 0.2) is 41.9 Å². The number of aromatic nitrogens is 2. The Morgan fingerprint density at radius 1 is 1.07 bits per heavy atom. The zero-order chi connectivity index (χ0) is 19.9. The van der Waals surface area contributed by atoms with E-state index >= 15 is 0 Å². The van der Waals surface area contributed by atoms with E-state index in [1.165, 1.54) is 21.3 Å². The molecule has 0 aliphatic carbocycles. The molecule has 0 saturated carbocycles. The van der Waals surface area contributed by atoms with Crippen LogP contribution in [0.2, 0.25) is 0 Å². The summed E-state index contributed by atoms with van der Waals surface area (Å²) in [5.74, 6) is 1.10. The molecular formula is C20H21N3O4S. The number of hydrogen-bond donors (Lipinski definition) is 1. The van der Waals surface area contributed by atoms with Gasteiger partial charge in [-0.05, 0) is 24.3 Å². The van der Waals surface area contributed by atoms with E-state index in [4.69, 9.17) is 14.2 Å². The van der Waals surface area contributed by atoms with Crippen LogP contribution in [0.5, 0.6) is 17.2 Å². The maximum absolute atomic E-state index is 12.5. The molecule has 2 heterocycles. The first kappa shape index (κ1) is 19.6. The fourth-order valence-electron chi connectivity index (χ4n) is 2.65. The van der Waals surface area contributed by atoms with Gasteiger partial charge in [-0.3, -0.25) is 9.78 Å². The van der Waals surface area contributed by atoms with Crippen molar-refractivity contribution in [1.82, 2.24) is 15.3 Å². The second kappa shape index (κ2) is 9.18. The number of pyridine rings is 1. The second-order valence-electron chi connectivity index (χ2n) is 5.76. The van der Waals surface area contributed by atoms with Crippen molar-refractivity contribution < 1.29 is 19.0 Å². The lowest BCUT2D eigenvalue weighted by molar-refractivity contribution is 0.0953. The highest BCUT2D eigenvalue weighted by Crippen LogP contribution is 2.38.